The summed E-state index contributed by atoms with van der Waals surface area (Å²) in [6.07, 6.45) is 2.57. The van der Waals surface area contributed by atoms with Gasteiger partial charge < -0.3 is 4.90 Å². The molecule has 0 saturated carbocycles. The van der Waals surface area contributed by atoms with E-state index in [0.29, 0.717) is 6.04 Å². The second-order valence-electron chi connectivity index (χ2n) is 4.68. The van der Waals surface area contributed by atoms with Crippen molar-refractivity contribution in [2.45, 2.75) is 32.7 Å². The van der Waals surface area contributed by atoms with Crippen LogP contribution in [0.2, 0.25) is 0 Å². The second-order valence-corrected chi connectivity index (χ2v) is 4.68. The SMILES string of the molecule is C=[N+](C)C1CCN(CC(C)C)CC1. The first-order valence-electron chi connectivity index (χ1n) is 5.35. The van der Waals surface area contributed by atoms with Crippen LogP contribution in [0, 0.1) is 5.92 Å². The van der Waals surface area contributed by atoms with Crippen molar-refractivity contribution in [3.8, 4) is 0 Å². The van der Waals surface area contributed by atoms with Gasteiger partial charge in [0.05, 0.1) is 0 Å². The Balaban J connectivity index is 2.26. The normalized spacial score (nSPS) is 20.9. The monoisotopic (exact) mass is 183 g/mol. The zero-order valence-electron chi connectivity index (χ0n) is 9.29. The highest BCUT2D eigenvalue weighted by molar-refractivity contribution is 5.14. The van der Waals surface area contributed by atoms with Gasteiger partial charge in [0.1, 0.15) is 13.8 Å². The van der Waals surface area contributed by atoms with Crippen LogP contribution in [0.3, 0.4) is 0 Å². The Morgan fingerprint density at radius 2 is 1.92 bits per heavy atom. The highest BCUT2D eigenvalue weighted by Gasteiger charge is 2.23. The van der Waals surface area contributed by atoms with E-state index >= 15 is 0 Å². The molecule has 1 aliphatic rings. The van der Waals surface area contributed by atoms with Crippen LogP contribution in [0.15, 0.2) is 0 Å². The van der Waals surface area contributed by atoms with Gasteiger partial charge in [-0.2, -0.15) is 0 Å². The number of piperidine rings is 1. The van der Waals surface area contributed by atoms with Crippen molar-refractivity contribution < 1.29 is 4.58 Å². The van der Waals surface area contributed by atoms with E-state index in [1.54, 1.807) is 0 Å². The lowest BCUT2D eigenvalue weighted by Gasteiger charge is -2.30. The third kappa shape index (κ3) is 3.47. The van der Waals surface area contributed by atoms with Crippen LogP contribution in [0.4, 0.5) is 0 Å². The summed E-state index contributed by atoms with van der Waals surface area (Å²) < 4.78 is 2.12. The van der Waals surface area contributed by atoms with Crippen LogP contribution in [-0.2, 0) is 0 Å². The van der Waals surface area contributed by atoms with Gasteiger partial charge in [0, 0.05) is 32.5 Å². The lowest BCUT2D eigenvalue weighted by atomic mass is 10.0. The van der Waals surface area contributed by atoms with E-state index in [9.17, 15) is 0 Å². The molecule has 1 saturated heterocycles. The van der Waals surface area contributed by atoms with E-state index < -0.39 is 0 Å². The summed E-state index contributed by atoms with van der Waals surface area (Å²) in [5.41, 5.74) is 0. The van der Waals surface area contributed by atoms with Gasteiger partial charge in [-0.1, -0.05) is 13.8 Å². The van der Waals surface area contributed by atoms with Crippen molar-refractivity contribution in [3.63, 3.8) is 0 Å². The van der Waals surface area contributed by atoms with Crippen LogP contribution in [0.5, 0.6) is 0 Å². The van der Waals surface area contributed by atoms with Crippen LogP contribution < -0.4 is 0 Å². The highest BCUT2D eigenvalue weighted by Crippen LogP contribution is 2.13. The summed E-state index contributed by atoms with van der Waals surface area (Å²) in [5.74, 6) is 0.800. The molecule has 1 rings (SSSR count). The Morgan fingerprint density at radius 3 is 2.31 bits per heavy atom. The van der Waals surface area contributed by atoms with Gasteiger partial charge in [-0.25, -0.2) is 4.58 Å². The molecule has 0 aliphatic carbocycles. The van der Waals surface area contributed by atoms with Crippen molar-refractivity contribution >= 4 is 6.72 Å². The third-order valence-electron chi connectivity index (χ3n) is 2.80. The van der Waals surface area contributed by atoms with Gasteiger partial charge in [0.25, 0.3) is 0 Å². The number of hydrogen-bond acceptors (Lipinski definition) is 1. The fraction of sp³-hybridized carbons (Fsp3) is 0.909. The summed E-state index contributed by atoms with van der Waals surface area (Å²) in [4.78, 5) is 2.57. The average molecular weight is 183 g/mol. The Kier molecular flexibility index (Phi) is 3.91. The van der Waals surface area contributed by atoms with Gasteiger partial charge in [0.15, 0.2) is 6.04 Å². The quantitative estimate of drug-likeness (QED) is 0.474. The predicted octanol–water partition coefficient (Wildman–Crippen LogP) is 1.45. The highest BCUT2D eigenvalue weighted by atomic mass is 15.1. The minimum Gasteiger partial charge on any atom is -0.303 e. The maximum atomic E-state index is 3.96. The number of nitrogens with zero attached hydrogens (tertiary/aromatic N) is 2. The van der Waals surface area contributed by atoms with E-state index in [0.717, 1.165) is 5.92 Å². The van der Waals surface area contributed by atoms with Crippen molar-refractivity contribution in [1.29, 1.82) is 0 Å². The molecule has 76 valence electrons. The molecule has 13 heavy (non-hydrogen) atoms. The molecule has 0 unspecified atom stereocenters. The van der Waals surface area contributed by atoms with Crippen LogP contribution in [0.25, 0.3) is 0 Å². The molecule has 0 amide bonds. The average Bonchev–Trinajstić information content (AvgIpc) is 2.04. The fourth-order valence-electron chi connectivity index (χ4n) is 2.06. The first-order chi connectivity index (χ1) is 6.09. The molecule has 2 heteroatoms. The van der Waals surface area contributed by atoms with E-state index in [4.69, 9.17) is 0 Å². The largest absolute Gasteiger partial charge is 0.303 e. The Labute approximate surface area is 82.2 Å². The van der Waals surface area contributed by atoms with E-state index in [1.165, 1.54) is 32.5 Å². The standard InChI is InChI=1S/C11H23N2/c1-10(2)9-13-7-5-11(6-8-13)12(3)4/h10-11H,3,5-9H2,1-2,4H3/q+1. The molecular weight excluding hydrogens is 160 g/mol. The third-order valence-corrected chi connectivity index (χ3v) is 2.80. The van der Waals surface area contributed by atoms with Gasteiger partial charge in [-0.3, -0.25) is 0 Å². The molecule has 1 aliphatic heterocycles. The molecule has 0 atom stereocenters. The lowest BCUT2D eigenvalue weighted by Crippen LogP contribution is -2.41. The maximum absolute atomic E-state index is 3.96. The zero-order chi connectivity index (χ0) is 9.84. The van der Waals surface area contributed by atoms with Crippen LogP contribution in [-0.4, -0.2) is 48.9 Å². The van der Waals surface area contributed by atoms with E-state index in [-0.39, 0.29) is 0 Å². The van der Waals surface area contributed by atoms with Crippen molar-refractivity contribution in [1.82, 2.24) is 4.90 Å². The van der Waals surface area contributed by atoms with Gasteiger partial charge in [-0.05, 0) is 5.92 Å². The summed E-state index contributed by atoms with van der Waals surface area (Å²) in [6.45, 7) is 12.3. The summed E-state index contributed by atoms with van der Waals surface area (Å²) in [7, 11) is 2.09. The zero-order valence-corrected chi connectivity index (χ0v) is 9.29. The molecule has 0 bridgehead atoms. The van der Waals surface area contributed by atoms with Crippen molar-refractivity contribution in [2.75, 3.05) is 26.7 Å². The van der Waals surface area contributed by atoms with E-state index in [2.05, 4.69) is 37.1 Å². The smallest absolute Gasteiger partial charge is 0.154 e. The molecule has 0 spiro atoms. The summed E-state index contributed by atoms with van der Waals surface area (Å²) in [6, 6.07) is 0.711. The number of hydrogen-bond donors (Lipinski definition) is 0. The minimum absolute atomic E-state index is 0.711. The predicted molar refractivity (Wildman–Crippen MR) is 57.6 cm³/mol. The molecule has 0 N–H and O–H groups in total. The molecular formula is C11H23N2+. The first-order valence-corrected chi connectivity index (χ1v) is 5.35. The van der Waals surface area contributed by atoms with Gasteiger partial charge >= 0.3 is 0 Å². The van der Waals surface area contributed by atoms with Gasteiger partial charge in [0.2, 0.25) is 0 Å². The molecule has 0 radical (unpaired) electrons. The number of likely N-dealkylation sites (tertiary alicyclic amines) is 1. The molecule has 0 aromatic carbocycles. The first kappa shape index (κ1) is 10.7. The molecule has 0 aromatic heterocycles. The van der Waals surface area contributed by atoms with E-state index in [1.807, 2.05) is 0 Å². The topological polar surface area (TPSA) is 6.25 Å². The maximum Gasteiger partial charge on any atom is 0.154 e. The molecule has 1 fully saturated rings. The van der Waals surface area contributed by atoms with Crippen molar-refractivity contribution in [2.24, 2.45) is 5.92 Å². The van der Waals surface area contributed by atoms with Crippen LogP contribution >= 0.6 is 0 Å². The fourth-order valence-corrected chi connectivity index (χ4v) is 2.06. The summed E-state index contributed by atoms with van der Waals surface area (Å²) in [5, 5.41) is 0. The minimum atomic E-state index is 0.711. The Bertz CT molecular complexity index is 167. The molecule has 2 nitrogen and oxygen atoms in total. The van der Waals surface area contributed by atoms with Gasteiger partial charge in [-0.15, -0.1) is 0 Å². The lowest BCUT2D eigenvalue weighted by molar-refractivity contribution is -0.534. The van der Waals surface area contributed by atoms with Crippen LogP contribution in [0.1, 0.15) is 26.7 Å². The molecule has 0 aromatic rings. The molecule has 1 heterocycles. The van der Waals surface area contributed by atoms with Crippen molar-refractivity contribution in [3.05, 3.63) is 0 Å². The second kappa shape index (κ2) is 4.75. The summed E-state index contributed by atoms with van der Waals surface area (Å²) >= 11 is 0. The number of rotatable bonds is 3. The Hall–Kier alpha value is -0.370. The Morgan fingerprint density at radius 1 is 1.38 bits per heavy atom.